The first-order valence-corrected chi connectivity index (χ1v) is 8.11. The van der Waals surface area contributed by atoms with Gasteiger partial charge in [0.25, 0.3) is 11.8 Å². The van der Waals surface area contributed by atoms with Crippen molar-refractivity contribution in [2.75, 3.05) is 19.4 Å². The van der Waals surface area contributed by atoms with Gasteiger partial charge in [-0.05, 0) is 36.4 Å². The molecular weight excluding hydrogens is 370 g/mol. The van der Waals surface area contributed by atoms with E-state index in [2.05, 4.69) is 10.3 Å². The van der Waals surface area contributed by atoms with Crippen LogP contribution < -0.4 is 11.1 Å². The van der Waals surface area contributed by atoms with Crippen molar-refractivity contribution in [1.29, 1.82) is 0 Å². The van der Waals surface area contributed by atoms with Crippen molar-refractivity contribution < 1.29 is 22.8 Å². The quantitative estimate of drug-likeness (QED) is 0.701. The van der Waals surface area contributed by atoms with Crippen molar-refractivity contribution in [2.24, 2.45) is 5.73 Å². The summed E-state index contributed by atoms with van der Waals surface area (Å²) in [5.41, 5.74) is 5.38. The molecule has 7 nitrogen and oxygen atoms in total. The minimum atomic E-state index is -0.936. The van der Waals surface area contributed by atoms with Crippen LogP contribution in [0.5, 0.6) is 0 Å². The molecule has 0 saturated carbocycles. The Labute approximate surface area is 158 Å². The molecule has 0 aliphatic rings. The topological polar surface area (TPSA) is 101 Å². The van der Waals surface area contributed by atoms with Gasteiger partial charge < -0.3 is 20.4 Å². The number of aromatic nitrogens is 1. The zero-order chi connectivity index (χ0) is 20.4. The molecule has 3 N–H and O–H groups in total. The lowest BCUT2D eigenvalue weighted by Crippen LogP contribution is -2.21. The third-order valence-electron chi connectivity index (χ3n) is 3.83. The number of hydrogen-bond acceptors (Lipinski definition) is 5. The van der Waals surface area contributed by atoms with Crippen LogP contribution in [-0.2, 0) is 0 Å². The van der Waals surface area contributed by atoms with Crippen LogP contribution in [-0.4, -0.2) is 35.8 Å². The number of rotatable bonds is 5. The number of oxazole rings is 1. The lowest BCUT2D eigenvalue weighted by atomic mass is 10.2. The van der Waals surface area contributed by atoms with Crippen LogP contribution in [0.1, 0.15) is 20.8 Å². The minimum absolute atomic E-state index is 0.170. The lowest BCUT2D eigenvalue weighted by Gasteiger charge is -2.10. The Morgan fingerprint density at radius 2 is 1.68 bits per heavy atom. The van der Waals surface area contributed by atoms with Crippen LogP contribution in [0.25, 0.3) is 11.5 Å². The van der Waals surface area contributed by atoms with Gasteiger partial charge in [-0.2, -0.15) is 0 Å². The molecule has 0 radical (unpaired) electrons. The first-order chi connectivity index (χ1) is 13.3. The molecule has 0 aliphatic heterocycles. The van der Waals surface area contributed by atoms with E-state index in [1.165, 1.54) is 11.0 Å². The molecule has 144 valence electrons. The zero-order valence-electron chi connectivity index (χ0n) is 15.0. The SMILES string of the molecule is CN(C)C(=O)c1ccc(Nc2oc(-c3c(F)cccc3F)nc2C(N)=O)cc1. The lowest BCUT2D eigenvalue weighted by molar-refractivity contribution is 0.0827. The molecule has 0 bridgehead atoms. The summed E-state index contributed by atoms with van der Waals surface area (Å²) in [5, 5.41) is 2.78. The summed E-state index contributed by atoms with van der Waals surface area (Å²) < 4.78 is 33.3. The van der Waals surface area contributed by atoms with Gasteiger partial charge in [-0.15, -0.1) is 0 Å². The van der Waals surface area contributed by atoms with Crippen molar-refractivity contribution in [2.45, 2.75) is 0 Å². The Hall–Kier alpha value is -3.75. The molecule has 0 fully saturated rings. The summed E-state index contributed by atoms with van der Waals surface area (Å²) in [6.45, 7) is 0. The molecular formula is C19H16F2N4O3. The first kappa shape index (κ1) is 19.0. The van der Waals surface area contributed by atoms with E-state index < -0.39 is 29.0 Å². The van der Waals surface area contributed by atoms with Crippen molar-refractivity contribution in [1.82, 2.24) is 9.88 Å². The summed E-state index contributed by atoms with van der Waals surface area (Å²) >= 11 is 0. The van der Waals surface area contributed by atoms with E-state index in [0.29, 0.717) is 11.3 Å². The molecule has 28 heavy (non-hydrogen) atoms. The van der Waals surface area contributed by atoms with Gasteiger partial charge in [-0.25, -0.2) is 13.8 Å². The highest BCUT2D eigenvalue weighted by Gasteiger charge is 2.23. The molecule has 0 saturated heterocycles. The molecule has 0 spiro atoms. The summed E-state index contributed by atoms with van der Waals surface area (Å²) in [4.78, 5) is 28.8. The van der Waals surface area contributed by atoms with E-state index in [1.54, 1.807) is 38.4 Å². The van der Waals surface area contributed by atoms with Gasteiger partial charge in [-0.3, -0.25) is 9.59 Å². The average Bonchev–Trinajstić information content (AvgIpc) is 3.05. The van der Waals surface area contributed by atoms with E-state index in [4.69, 9.17) is 10.2 Å². The second-order valence-corrected chi connectivity index (χ2v) is 6.06. The Bertz CT molecular complexity index is 1030. The maximum Gasteiger partial charge on any atom is 0.273 e. The highest BCUT2D eigenvalue weighted by molar-refractivity contribution is 5.97. The van der Waals surface area contributed by atoms with Gasteiger partial charge in [0.2, 0.25) is 11.8 Å². The fourth-order valence-corrected chi connectivity index (χ4v) is 2.47. The van der Waals surface area contributed by atoms with E-state index in [0.717, 1.165) is 12.1 Å². The Morgan fingerprint density at radius 3 is 2.21 bits per heavy atom. The smallest absolute Gasteiger partial charge is 0.273 e. The summed E-state index contributed by atoms with van der Waals surface area (Å²) in [5.74, 6) is -3.50. The molecule has 9 heteroatoms. The Balaban J connectivity index is 1.95. The zero-order valence-corrected chi connectivity index (χ0v) is 15.0. The number of nitrogens with one attached hydrogen (secondary N) is 1. The number of amides is 2. The van der Waals surface area contributed by atoms with Crippen LogP contribution in [0.3, 0.4) is 0 Å². The van der Waals surface area contributed by atoms with E-state index in [9.17, 15) is 18.4 Å². The predicted octanol–water partition coefficient (Wildman–Crippen LogP) is 3.16. The van der Waals surface area contributed by atoms with Crippen LogP contribution in [0.2, 0.25) is 0 Å². The minimum Gasteiger partial charge on any atom is -0.419 e. The summed E-state index contributed by atoms with van der Waals surface area (Å²) in [7, 11) is 3.26. The number of nitrogens with two attached hydrogens (primary N) is 1. The molecule has 0 aliphatic carbocycles. The average molecular weight is 386 g/mol. The van der Waals surface area contributed by atoms with Crippen LogP contribution >= 0.6 is 0 Å². The summed E-state index contributed by atoms with van der Waals surface area (Å²) in [6, 6.07) is 9.58. The highest BCUT2D eigenvalue weighted by atomic mass is 19.1. The Kier molecular flexibility index (Phi) is 5.08. The van der Waals surface area contributed by atoms with Crippen molar-refractivity contribution in [3.63, 3.8) is 0 Å². The van der Waals surface area contributed by atoms with Gasteiger partial charge in [0.1, 0.15) is 17.2 Å². The number of primary amides is 1. The number of nitrogens with zero attached hydrogens (tertiary/aromatic N) is 2. The van der Waals surface area contributed by atoms with Crippen molar-refractivity contribution >= 4 is 23.4 Å². The van der Waals surface area contributed by atoms with Gasteiger partial charge in [-0.1, -0.05) is 6.07 Å². The number of hydrogen-bond donors (Lipinski definition) is 2. The van der Waals surface area contributed by atoms with Crippen LogP contribution in [0, 0.1) is 11.6 Å². The maximum atomic E-state index is 14.0. The Morgan fingerprint density at radius 1 is 1.07 bits per heavy atom. The normalized spacial score (nSPS) is 10.6. The monoisotopic (exact) mass is 386 g/mol. The molecule has 3 aromatic rings. The van der Waals surface area contributed by atoms with Gasteiger partial charge in [0.15, 0.2) is 5.69 Å². The first-order valence-electron chi connectivity index (χ1n) is 8.11. The van der Waals surface area contributed by atoms with E-state index in [1.807, 2.05) is 0 Å². The van der Waals surface area contributed by atoms with E-state index >= 15 is 0 Å². The molecule has 1 heterocycles. The molecule has 1 aromatic heterocycles. The number of benzene rings is 2. The fraction of sp³-hybridized carbons (Fsp3) is 0.105. The van der Waals surface area contributed by atoms with Gasteiger partial charge in [0, 0.05) is 25.3 Å². The molecule has 0 unspecified atom stereocenters. The predicted molar refractivity (Wildman–Crippen MR) is 98.1 cm³/mol. The van der Waals surface area contributed by atoms with Gasteiger partial charge in [0.05, 0.1) is 0 Å². The third kappa shape index (κ3) is 3.68. The standard InChI is InChI=1S/C19H16F2N4O3/c1-25(2)19(27)10-6-8-11(9-7-10)23-18-15(16(22)26)24-17(28-18)14-12(20)4-3-5-13(14)21/h3-9,23H,1-2H3,(H2,22,26). The van der Waals surface area contributed by atoms with Crippen molar-refractivity contribution in [3.05, 3.63) is 65.4 Å². The fourth-order valence-electron chi connectivity index (χ4n) is 2.47. The number of anilines is 2. The van der Waals surface area contributed by atoms with Crippen LogP contribution in [0.15, 0.2) is 46.9 Å². The highest BCUT2D eigenvalue weighted by Crippen LogP contribution is 2.31. The molecule has 2 aromatic carbocycles. The molecule has 0 atom stereocenters. The van der Waals surface area contributed by atoms with E-state index in [-0.39, 0.29) is 17.5 Å². The van der Waals surface area contributed by atoms with Crippen molar-refractivity contribution in [3.8, 4) is 11.5 Å². The number of carbonyl (C=O) groups is 2. The largest absolute Gasteiger partial charge is 0.419 e. The number of halogens is 2. The second kappa shape index (κ2) is 7.47. The molecule has 2 amide bonds. The summed E-state index contributed by atoms with van der Waals surface area (Å²) in [6.07, 6.45) is 0. The molecule has 3 rings (SSSR count). The maximum absolute atomic E-state index is 14.0. The second-order valence-electron chi connectivity index (χ2n) is 6.06. The third-order valence-corrected chi connectivity index (χ3v) is 3.83. The van der Waals surface area contributed by atoms with Crippen LogP contribution in [0.4, 0.5) is 20.4 Å². The number of carbonyl (C=O) groups excluding carboxylic acids is 2. The van der Waals surface area contributed by atoms with Gasteiger partial charge >= 0.3 is 0 Å².